The number of hydrogen-bond acceptors (Lipinski definition) is 5. The molecule has 6 heteroatoms. The van der Waals surface area contributed by atoms with E-state index >= 15 is 0 Å². The molecule has 1 saturated heterocycles. The maximum Gasteiger partial charge on any atom is 0.338 e. The maximum atomic E-state index is 11.7. The van der Waals surface area contributed by atoms with Gasteiger partial charge in [-0.25, -0.2) is 9.59 Å². The van der Waals surface area contributed by atoms with Gasteiger partial charge in [0, 0.05) is 5.92 Å². The van der Waals surface area contributed by atoms with Gasteiger partial charge in [-0.2, -0.15) is 0 Å². The Balaban J connectivity index is 0.000000237. The zero-order valence-corrected chi connectivity index (χ0v) is 16.3. The number of carbonyl (C=O) groups is 2. The standard InChI is InChI=1S/C14H18O4.C8H8O2/c1-9-3-5-11(6-4-9)14(16)17-8-12-7-10(2)13(15)18-12;1-6-2-4-7(5-3-6)8(9)10/h3-6,10,12-13,15H,7-8H2,1-2H3;2-5H,1H3,(H,9,10)/t10?,12-,13?;/m0./s1. The van der Waals surface area contributed by atoms with E-state index in [4.69, 9.17) is 14.6 Å². The predicted octanol–water partition coefficient (Wildman–Crippen LogP) is 3.59. The molecule has 3 rings (SSSR count). The lowest BCUT2D eigenvalue weighted by Crippen LogP contribution is -2.19. The van der Waals surface area contributed by atoms with Crippen molar-refractivity contribution in [3.8, 4) is 0 Å². The van der Waals surface area contributed by atoms with Crippen molar-refractivity contribution in [1.82, 2.24) is 0 Å². The molecule has 1 aliphatic heterocycles. The van der Waals surface area contributed by atoms with Crippen LogP contribution in [0.15, 0.2) is 48.5 Å². The van der Waals surface area contributed by atoms with E-state index in [-0.39, 0.29) is 24.6 Å². The topological polar surface area (TPSA) is 93.1 Å². The highest BCUT2D eigenvalue weighted by atomic mass is 16.6. The second-order valence-electron chi connectivity index (χ2n) is 7.00. The van der Waals surface area contributed by atoms with Gasteiger partial charge in [0.25, 0.3) is 0 Å². The SMILES string of the molecule is Cc1ccc(C(=O)O)cc1.Cc1ccc(C(=O)OC[C@@H]2CC(C)C(O)O2)cc1. The molecular formula is C22H26O6. The zero-order valence-electron chi connectivity index (χ0n) is 16.3. The van der Waals surface area contributed by atoms with Gasteiger partial charge in [0.15, 0.2) is 6.29 Å². The third-order valence-corrected chi connectivity index (χ3v) is 4.44. The van der Waals surface area contributed by atoms with E-state index in [1.165, 1.54) is 0 Å². The minimum atomic E-state index is -0.875. The summed E-state index contributed by atoms with van der Waals surface area (Å²) in [5.74, 6) is -1.14. The van der Waals surface area contributed by atoms with Crippen molar-refractivity contribution in [1.29, 1.82) is 0 Å². The number of aliphatic hydroxyl groups excluding tert-OH is 1. The lowest BCUT2D eigenvalue weighted by molar-refractivity contribution is -0.115. The first-order chi connectivity index (χ1) is 13.3. The molecule has 0 aromatic heterocycles. The summed E-state index contributed by atoms with van der Waals surface area (Å²) in [6, 6.07) is 14.0. The van der Waals surface area contributed by atoms with Crippen LogP contribution in [0.1, 0.15) is 45.2 Å². The van der Waals surface area contributed by atoms with Crippen molar-refractivity contribution in [3.05, 3.63) is 70.8 Å². The van der Waals surface area contributed by atoms with E-state index in [1.807, 2.05) is 32.9 Å². The van der Waals surface area contributed by atoms with E-state index < -0.39 is 12.3 Å². The van der Waals surface area contributed by atoms with Crippen LogP contribution in [0.2, 0.25) is 0 Å². The first-order valence-electron chi connectivity index (χ1n) is 9.13. The Hall–Kier alpha value is -2.70. The number of hydrogen-bond donors (Lipinski definition) is 2. The number of carboxylic acids is 1. The number of carboxylic acid groups (broad SMARTS) is 1. The smallest absolute Gasteiger partial charge is 0.338 e. The van der Waals surface area contributed by atoms with Crippen LogP contribution in [-0.4, -0.2) is 41.2 Å². The van der Waals surface area contributed by atoms with Gasteiger partial charge in [0.2, 0.25) is 0 Å². The first kappa shape index (κ1) is 21.6. The number of esters is 1. The lowest BCUT2D eigenvalue weighted by Gasteiger charge is -2.11. The molecule has 1 fully saturated rings. The molecule has 3 atom stereocenters. The summed E-state index contributed by atoms with van der Waals surface area (Å²) in [6.45, 7) is 5.98. The zero-order chi connectivity index (χ0) is 20.7. The Morgan fingerprint density at radius 1 is 1.00 bits per heavy atom. The van der Waals surface area contributed by atoms with Crippen LogP contribution in [0.3, 0.4) is 0 Å². The fraction of sp³-hybridized carbons (Fsp3) is 0.364. The van der Waals surface area contributed by atoms with Crippen molar-refractivity contribution in [3.63, 3.8) is 0 Å². The molecule has 1 aliphatic rings. The van der Waals surface area contributed by atoms with Crippen LogP contribution in [0.25, 0.3) is 0 Å². The summed E-state index contributed by atoms with van der Waals surface area (Å²) in [6.07, 6.45) is -0.236. The third kappa shape index (κ3) is 6.48. The molecule has 2 aromatic carbocycles. The highest BCUT2D eigenvalue weighted by molar-refractivity contribution is 5.89. The molecule has 28 heavy (non-hydrogen) atoms. The van der Waals surface area contributed by atoms with Crippen LogP contribution >= 0.6 is 0 Å². The molecule has 0 aliphatic carbocycles. The Morgan fingerprint density at radius 3 is 1.93 bits per heavy atom. The van der Waals surface area contributed by atoms with E-state index in [0.29, 0.717) is 17.5 Å². The minimum absolute atomic E-state index is 0.0908. The Morgan fingerprint density at radius 2 is 1.50 bits per heavy atom. The largest absolute Gasteiger partial charge is 0.478 e. The molecule has 0 amide bonds. The van der Waals surface area contributed by atoms with E-state index in [2.05, 4.69) is 0 Å². The van der Waals surface area contributed by atoms with Gasteiger partial charge in [-0.1, -0.05) is 42.3 Å². The molecule has 2 unspecified atom stereocenters. The van der Waals surface area contributed by atoms with Crippen molar-refractivity contribution in [2.24, 2.45) is 5.92 Å². The number of aryl methyl sites for hydroxylation is 2. The van der Waals surface area contributed by atoms with Gasteiger partial charge in [0.05, 0.1) is 17.2 Å². The Kier molecular flexibility index (Phi) is 7.72. The fourth-order valence-electron chi connectivity index (χ4n) is 2.66. The average molecular weight is 386 g/mol. The number of aromatic carboxylic acids is 1. The van der Waals surface area contributed by atoms with Crippen molar-refractivity contribution < 1.29 is 29.3 Å². The molecule has 0 spiro atoms. The predicted molar refractivity (Wildman–Crippen MR) is 104 cm³/mol. The molecule has 2 N–H and O–H groups in total. The summed E-state index contributed by atoms with van der Waals surface area (Å²) in [4.78, 5) is 22.0. The number of benzene rings is 2. The van der Waals surface area contributed by atoms with Crippen LogP contribution < -0.4 is 0 Å². The second kappa shape index (κ2) is 10.0. The number of ether oxygens (including phenoxy) is 2. The minimum Gasteiger partial charge on any atom is -0.478 e. The van der Waals surface area contributed by atoms with Crippen LogP contribution in [0.5, 0.6) is 0 Å². The molecule has 1 heterocycles. The van der Waals surface area contributed by atoms with Gasteiger partial charge in [-0.05, 0) is 44.5 Å². The van der Waals surface area contributed by atoms with Gasteiger partial charge < -0.3 is 19.7 Å². The molecule has 2 aromatic rings. The lowest BCUT2D eigenvalue weighted by atomic mass is 10.1. The molecular weight excluding hydrogens is 360 g/mol. The molecule has 150 valence electrons. The van der Waals surface area contributed by atoms with Gasteiger partial charge in [-0.3, -0.25) is 0 Å². The quantitative estimate of drug-likeness (QED) is 0.780. The van der Waals surface area contributed by atoms with Gasteiger partial charge in [0.1, 0.15) is 6.61 Å². The summed E-state index contributed by atoms with van der Waals surface area (Å²) >= 11 is 0. The van der Waals surface area contributed by atoms with Crippen molar-refractivity contribution in [2.45, 2.75) is 39.6 Å². The highest BCUT2D eigenvalue weighted by Crippen LogP contribution is 2.24. The van der Waals surface area contributed by atoms with Gasteiger partial charge >= 0.3 is 11.9 Å². The summed E-state index contributed by atoms with van der Waals surface area (Å²) < 4.78 is 10.4. The Labute approximate surface area is 164 Å². The molecule has 6 nitrogen and oxygen atoms in total. The Bertz CT molecular complexity index is 772. The monoisotopic (exact) mass is 386 g/mol. The van der Waals surface area contributed by atoms with Crippen LogP contribution in [0.4, 0.5) is 0 Å². The van der Waals surface area contributed by atoms with Crippen LogP contribution in [-0.2, 0) is 9.47 Å². The van der Waals surface area contributed by atoms with E-state index in [1.54, 1.807) is 36.4 Å². The first-order valence-corrected chi connectivity index (χ1v) is 9.13. The molecule has 0 saturated carbocycles. The van der Waals surface area contributed by atoms with E-state index in [0.717, 1.165) is 11.1 Å². The number of carbonyl (C=O) groups excluding carboxylic acids is 1. The highest BCUT2D eigenvalue weighted by Gasteiger charge is 2.31. The van der Waals surface area contributed by atoms with Crippen molar-refractivity contribution in [2.75, 3.05) is 6.61 Å². The van der Waals surface area contributed by atoms with Crippen molar-refractivity contribution >= 4 is 11.9 Å². The van der Waals surface area contributed by atoms with Crippen LogP contribution in [0, 0.1) is 19.8 Å². The fourth-order valence-corrected chi connectivity index (χ4v) is 2.66. The number of rotatable bonds is 4. The molecule has 0 radical (unpaired) electrons. The van der Waals surface area contributed by atoms with E-state index in [9.17, 15) is 14.7 Å². The summed E-state index contributed by atoms with van der Waals surface area (Å²) in [7, 11) is 0. The summed E-state index contributed by atoms with van der Waals surface area (Å²) in [5, 5.41) is 17.9. The second-order valence-corrected chi connectivity index (χ2v) is 7.00. The maximum absolute atomic E-state index is 11.7. The molecule has 0 bridgehead atoms. The summed E-state index contributed by atoms with van der Waals surface area (Å²) in [5.41, 5.74) is 3.05. The normalized spacial score (nSPS) is 20.8. The third-order valence-electron chi connectivity index (χ3n) is 4.44. The number of aliphatic hydroxyl groups is 1. The van der Waals surface area contributed by atoms with Gasteiger partial charge in [-0.15, -0.1) is 0 Å². The average Bonchev–Trinajstić information content (AvgIpc) is 2.99.